The average molecular weight is 554 g/mol. The Bertz CT molecular complexity index is 1540. The summed E-state index contributed by atoms with van der Waals surface area (Å²) in [6.07, 6.45) is 0. The first-order valence-electron chi connectivity index (χ1n) is 13.3. The minimum absolute atomic E-state index is 0.0450. The van der Waals surface area contributed by atoms with Crippen LogP contribution in [0.1, 0.15) is 37.4 Å². The minimum Gasteiger partial charge on any atom is -0.478 e. The molecule has 2 heterocycles. The first-order valence-corrected chi connectivity index (χ1v) is 13.3. The second-order valence-corrected chi connectivity index (χ2v) is 10.0. The van der Waals surface area contributed by atoms with Crippen LogP contribution >= 0.6 is 0 Å². The van der Waals surface area contributed by atoms with Gasteiger partial charge >= 0.3 is 5.97 Å². The first kappa shape index (κ1) is 27.6. The molecule has 0 atom stereocenters. The molecule has 3 aromatic rings. The van der Waals surface area contributed by atoms with Gasteiger partial charge in [-0.25, -0.2) is 4.79 Å². The van der Waals surface area contributed by atoms with Crippen LogP contribution in [0.15, 0.2) is 66.7 Å². The highest BCUT2D eigenvalue weighted by Gasteiger charge is 2.30. The third kappa shape index (κ3) is 5.82. The van der Waals surface area contributed by atoms with Crippen molar-refractivity contribution in [3.8, 4) is 0 Å². The van der Waals surface area contributed by atoms with E-state index in [1.54, 1.807) is 49.2 Å². The molecule has 3 amide bonds. The number of carbonyl (C=O) groups is 4. The van der Waals surface area contributed by atoms with Gasteiger partial charge in [0.15, 0.2) is 0 Å². The maximum absolute atomic E-state index is 13.2. The fraction of sp³-hybridized carbons (Fsp3) is 0.226. The van der Waals surface area contributed by atoms with Crippen LogP contribution in [0, 0.1) is 6.92 Å². The van der Waals surface area contributed by atoms with Gasteiger partial charge in [0.2, 0.25) is 5.91 Å². The maximum atomic E-state index is 13.2. The Morgan fingerprint density at radius 2 is 1.61 bits per heavy atom. The number of benzene rings is 3. The molecule has 41 heavy (non-hydrogen) atoms. The van der Waals surface area contributed by atoms with Gasteiger partial charge in [0.05, 0.1) is 29.1 Å². The van der Waals surface area contributed by atoms with E-state index in [0.29, 0.717) is 72.1 Å². The number of piperazine rings is 1. The van der Waals surface area contributed by atoms with E-state index in [4.69, 9.17) is 0 Å². The Kier molecular flexibility index (Phi) is 7.84. The Balaban J connectivity index is 1.40. The van der Waals surface area contributed by atoms with Gasteiger partial charge in [-0.2, -0.15) is 0 Å². The van der Waals surface area contributed by atoms with Crippen LogP contribution in [0.5, 0.6) is 0 Å². The van der Waals surface area contributed by atoms with E-state index in [2.05, 4.69) is 16.0 Å². The number of amides is 3. The molecule has 5 rings (SSSR count). The predicted octanol–water partition coefficient (Wildman–Crippen LogP) is 3.13. The van der Waals surface area contributed by atoms with Crippen LogP contribution in [-0.2, 0) is 9.59 Å². The van der Waals surface area contributed by atoms with Gasteiger partial charge in [0, 0.05) is 50.0 Å². The van der Waals surface area contributed by atoms with Crippen LogP contribution in [0.3, 0.4) is 0 Å². The zero-order valence-corrected chi connectivity index (χ0v) is 22.9. The number of aromatic carboxylic acids is 1. The minimum atomic E-state index is -1.06. The third-order valence-corrected chi connectivity index (χ3v) is 7.36. The zero-order valence-electron chi connectivity index (χ0n) is 22.9. The van der Waals surface area contributed by atoms with E-state index in [1.165, 1.54) is 6.07 Å². The van der Waals surface area contributed by atoms with Crippen LogP contribution < -0.4 is 16.0 Å². The highest BCUT2D eigenvalue weighted by atomic mass is 16.4. The summed E-state index contributed by atoms with van der Waals surface area (Å²) >= 11 is 0. The number of carboxylic acid groups (broad SMARTS) is 1. The number of aryl methyl sites for hydroxylation is 1. The summed E-state index contributed by atoms with van der Waals surface area (Å²) in [7, 11) is 1.61. The summed E-state index contributed by atoms with van der Waals surface area (Å²) in [6, 6.07) is 19.7. The lowest BCUT2D eigenvalue weighted by Crippen LogP contribution is -2.50. The van der Waals surface area contributed by atoms with Gasteiger partial charge in [-0.15, -0.1) is 0 Å². The van der Waals surface area contributed by atoms with Crippen molar-refractivity contribution in [2.45, 2.75) is 6.92 Å². The number of hydrogen-bond donors (Lipinski definition) is 4. The third-order valence-electron chi connectivity index (χ3n) is 7.36. The molecule has 2 aliphatic heterocycles. The van der Waals surface area contributed by atoms with Crippen LogP contribution in [0.25, 0.3) is 11.3 Å². The number of carbonyl (C=O) groups excluding carboxylic acids is 3. The first-order chi connectivity index (χ1) is 19.7. The highest BCUT2D eigenvalue weighted by Crippen LogP contribution is 2.39. The molecular formula is C31H31N5O5. The summed E-state index contributed by atoms with van der Waals surface area (Å²) in [5.74, 6) is -1.52. The van der Waals surface area contributed by atoms with E-state index in [1.807, 2.05) is 35.2 Å². The molecule has 0 spiro atoms. The molecule has 3 aromatic carbocycles. The summed E-state index contributed by atoms with van der Waals surface area (Å²) in [5, 5.41) is 18.3. The summed E-state index contributed by atoms with van der Waals surface area (Å²) in [4.78, 5) is 53.4. The lowest BCUT2D eigenvalue weighted by molar-refractivity contribution is -0.122. The van der Waals surface area contributed by atoms with Gasteiger partial charge in [-0.3, -0.25) is 19.3 Å². The molecule has 1 saturated heterocycles. The molecule has 0 radical (unpaired) electrons. The van der Waals surface area contributed by atoms with E-state index >= 15 is 0 Å². The van der Waals surface area contributed by atoms with Crippen molar-refractivity contribution < 1.29 is 24.3 Å². The van der Waals surface area contributed by atoms with Crippen molar-refractivity contribution in [1.29, 1.82) is 0 Å². The lowest BCUT2D eigenvalue weighted by Gasteiger charge is -2.34. The Hall–Kier alpha value is -4.96. The number of nitrogens with one attached hydrogen (secondary N) is 3. The predicted molar refractivity (Wildman–Crippen MR) is 156 cm³/mol. The molecule has 1 fully saturated rings. The van der Waals surface area contributed by atoms with E-state index in [9.17, 15) is 24.3 Å². The summed E-state index contributed by atoms with van der Waals surface area (Å²) < 4.78 is 0. The van der Waals surface area contributed by atoms with Gasteiger partial charge in [0.1, 0.15) is 0 Å². The molecular weight excluding hydrogens is 522 g/mol. The van der Waals surface area contributed by atoms with Crippen molar-refractivity contribution >= 4 is 46.3 Å². The monoisotopic (exact) mass is 553 g/mol. The quantitative estimate of drug-likeness (QED) is 0.331. The van der Waals surface area contributed by atoms with Crippen molar-refractivity contribution in [3.05, 3.63) is 94.5 Å². The molecule has 0 aliphatic carbocycles. The fourth-order valence-corrected chi connectivity index (χ4v) is 5.10. The molecule has 0 saturated carbocycles. The smallest absolute Gasteiger partial charge is 0.336 e. The lowest BCUT2D eigenvalue weighted by atomic mass is 9.96. The number of rotatable bonds is 7. The number of anilines is 2. The Morgan fingerprint density at radius 1 is 0.927 bits per heavy atom. The number of nitrogens with zero attached hydrogens (tertiary/aromatic N) is 2. The van der Waals surface area contributed by atoms with Gasteiger partial charge in [-0.05, 0) is 54.4 Å². The second kappa shape index (κ2) is 11.6. The molecule has 210 valence electrons. The fourth-order valence-electron chi connectivity index (χ4n) is 5.10. The normalized spacial score (nSPS) is 16.0. The standard InChI is InChI=1S/C31H31N5O5/c1-19-16-24-25(17-23(19)31(40)41)34-29(38)27(24)28(20-6-4-3-5-7-20)33-22-10-8-21(9-11-22)30(39)36-14-12-35(13-15-36)18-26(37)32-2/h3-11,16-17,33H,12-15,18H2,1-2H3,(H,32,37)(H,34,38)(H,40,41)/b28-27+. The molecule has 0 aromatic heterocycles. The number of fused-ring (bicyclic) bond motifs is 1. The van der Waals surface area contributed by atoms with Crippen molar-refractivity contribution in [2.24, 2.45) is 0 Å². The molecule has 0 bridgehead atoms. The number of carboxylic acids is 1. The zero-order chi connectivity index (χ0) is 29.1. The van der Waals surface area contributed by atoms with Crippen molar-refractivity contribution in [3.63, 3.8) is 0 Å². The Morgan fingerprint density at radius 3 is 2.24 bits per heavy atom. The van der Waals surface area contributed by atoms with E-state index in [-0.39, 0.29) is 23.3 Å². The number of hydrogen-bond acceptors (Lipinski definition) is 6. The SMILES string of the molecule is CNC(=O)CN1CCN(C(=O)c2ccc(N/C(=C3/C(=O)Nc4cc(C(=O)O)c(C)cc43)c3ccccc3)cc2)CC1. The average Bonchev–Trinajstić information content (AvgIpc) is 3.30. The van der Waals surface area contributed by atoms with Crippen molar-refractivity contribution in [1.82, 2.24) is 15.1 Å². The van der Waals surface area contributed by atoms with Crippen LogP contribution in [0.4, 0.5) is 11.4 Å². The number of likely N-dealkylation sites (N-methyl/N-ethyl adjacent to an activating group) is 1. The summed E-state index contributed by atoms with van der Waals surface area (Å²) in [5.41, 5.74) is 4.72. The molecule has 2 aliphatic rings. The Labute approximate surface area is 237 Å². The topological polar surface area (TPSA) is 131 Å². The molecule has 4 N–H and O–H groups in total. The molecule has 10 heteroatoms. The van der Waals surface area contributed by atoms with E-state index < -0.39 is 5.97 Å². The van der Waals surface area contributed by atoms with Gasteiger partial charge < -0.3 is 26.0 Å². The maximum Gasteiger partial charge on any atom is 0.336 e. The summed E-state index contributed by atoms with van der Waals surface area (Å²) in [6.45, 7) is 4.36. The van der Waals surface area contributed by atoms with Crippen LogP contribution in [0.2, 0.25) is 0 Å². The van der Waals surface area contributed by atoms with Crippen molar-refractivity contribution in [2.75, 3.05) is 50.4 Å². The van der Waals surface area contributed by atoms with E-state index in [0.717, 1.165) is 5.56 Å². The van der Waals surface area contributed by atoms with Crippen LogP contribution in [-0.4, -0.2) is 78.4 Å². The largest absolute Gasteiger partial charge is 0.478 e. The molecule has 0 unspecified atom stereocenters. The van der Waals surface area contributed by atoms with Gasteiger partial charge in [0.25, 0.3) is 11.8 Å². The second-order valence-electron chi connectivity index (χ2n) is 10.0. The highest BCUT2D eigenvalue weighted by molar-refractivity contribution is 6.37. The molecule has 10 nitrogen and oxygen atoms in total. The van der Waals surface area contributed by atoms with Gasteiger partial charge in [-0.1, -0.05) is 30.3 Å².